The Bertz CT molecular complexity index is 88.6. The molecule has 5 heteroatoms. The molecule has 0 saturated carbocycles. The van der Waals surface area contributed by atoms with Crippen molar-refractivity contribution in [3.8, 4) is 0 Å². The summed E-state index contributed by atoms with van der Waals surface area (Å²) >= 11 is 0. The lowest BCUT2D eigenvalue weighted by molar-refractivity contribution is 0.251. The number of nitrogens with one attached hydrogen (secondary N) is 1. The maximum absolute atomic E-state index is 10.0. The normalized spacial score (nSPS) is 10.3. The summed E-state index contributed by atoms with van der Waals surface area (Å²) in [5, 5.41) is 0. The first kappa shape index (κ1) is 8.45. The average Bonchev–Trinajstić information content (AvgIpc) is 1.80. The highest BCUT2D eigenvalue weighted by molar-refractivity contribution is 6.29. The van der Waals surface area contributed by atoms with Crippen LogP contribution in [0.3, 0.4) is 0 Å². The van der Waals surface area contributed by atoms with Crippen molar-refractivity contribution >= 4 is 16.0 Å². The second-order valence-corrected chi connectivity index (χ2v) is 2.64. The van der Waals surface area contributed by atoms with Crippen molar-refractivity contribution in [2.45, 2.75) is 13.3 Å². The van der Waals surface area contributed by atoms with Crippen LogP contribution in [0.25, 0.3) is 0 Å². The molecule has 54 valence electrons. The highest BCUT2D eigenvalue weighted by Gasteiger charge is 1.89. The molecule has 2 amide bonds. The maximum Gasteiger partial charge on any atom is 0.305 e. The van der Waals surface area contributed by atoms with Crippen molar-refractivity contribution < 1.29 is 9.22 Å². The maximum atomic E-state index is 10.0. The molecule has 0 spiro atoms. The number of hydrogen-bond donors (Lipinski definition) is 2. The van der Waals surface area contributed by atoms with Gasteiger partial charge in [-0.3, -0.25) is 0 Å². The quantitative estimate of drug-likeness (QED) is 0.400. The largest absolute Gasteiger partial charge is 0.403 e. The molecule has 0 aliphatic rings. The third-order valence-corrected chi connectivity index (χ3v) is 1.68. The van der Waals surface area contributed by atoms with E-state index in [1.165, 1.54) is 0 Å². The number of primary amides is 1. The Kier molecular flexibility index (Phi) is 5.24. The monoisotopic (exact) mass is 148 g/mol. The zero-order valence-corrected chi connectivity index (χ0v) is 6.93. The fourth-order valence-corrected chi connectivity index (χ4v) is 1.02. The molecular weight excluding hydrogens is 136 g/mol. The Hall–Kier alpha value is -0.553. The Balaban J connectivity index is 2.83. The van der Waals surface area contributed by atoms with Gasteiger partial charge in [-0.25, -0.2) is 4.79 Å². The third kappa shape index (κ3) is 7.45. The van der Waals surface area contributed by atoms with Gasteiger partial charge in [0, 0.05) is 6.61 Å². The van der Waals surface area contributed by atoms with Crippen molar-refractivity contribution in [3.63, 3.8) is 0 Å². The summed E-state index contributed by atoms with van der Waals surface area (Å²) in [5.41, 5.74) is 4.78. The smallest absolute Gasteiger partial charge is 0.305 e. The first-order valence-corrected chi connectivity index (χ1v) is 4.17. The molecule has 0 bridgehead atoms. The second-order valence-electron chi connectivity index (χ2n) is 1.59. The summed E-state index contributed by atoms with van der Waals surface area (Å²) < 4.78 is 5.02. The van der Waals surface area contributed by atoms with E-state index >= 15 is 0 Å². The molecule has 0 heterocycles. The minimum Gasteiger partial charge on any atom is -0.403 e. The molecule has 9 heavy (non-hydrogen) atoms. The predicted octanol–water partition coefficient (Wildman–Crippen LogP) is -0.920. The molecule has 0 aliphatic carbocycles. The van der Waals surface area contributed by atoms with Gasteiger partial charge in [0.05, 0.1) is 0 Å². The summed E-state index contributed by atoms with van der Waals surface area (Å²) in [7, 11) is -0.872. The van der Waals surface area contributed by atoms with Gasteiger partial charge in [0.2, 0.25) is 0 Å². The molecule has 0 aromatic rings. The van der Waals surface area contributed by atoms with Gasteiger partial charge < -0.3 is 15.1 Å². The van der Waals surface area contributed by atoms with Crippen LogP contribution >= 0.6 is 0 Å². The topological polar surface area (TPSA) is 64.3 Å². The van der Waals surface area contributed by atoms with Crippen molar-refractivity contribution in [1.29, 1.82) is 0 Å². The fourth-order valence-electron chi connectivity index (χ4n) is 0.339. The van der Waals surface area contributed by atoms with Crippen LogP contribution in [0.4, 0.5) is 4.79 Å². The van der Waals surface area contributed by atoms with Crippen LogP contribution in [-0.4, -0.2) is 22.6 Å². The number of rotatable bonds is 4. The molecule has 0 saturated heterocycles. The summed E-state index contributed by atoms with van der Waals surface area (Å²) in [6.45, 7) is 2.73. The van der Waals surface area contributed by atoms with Crippen LogP contribution in [0.2, 0.25) is 0 Å². The van der Waals surface area contributed by atoms with Gasteiger partial charge in [0.1, 0.15) is 0 Å². The third-order valence-electron chi connectivity index (χ3n) is 0.697. The van der Waals surface area contributed by atoms with E-state index in [0.29, 0.717) is 6.61 Å². The summed E-state index contributed by atoms with van der Waals surface area (Å²) in [6, 6.07) is -0.488. The first-order valence-electron chi connectivity index (χ1n) is 2.88. The van der Waals surface area contributed by atoms with E-state index in [1.807, 2.05) is 6.92 Å². The Morgan fingerprint density at radius 1 is 1.89 bits per heavy atom. The van der Waals surface area contributed by atoms with Crippen LogP contribution in [0.1, 0.15) is 13.3 Å². The van der Waals surface area contributed by atoms with E-state index in [9.17, 15) is 4.79 Å². The van der Waals surface area contributed by atoms with Gasteiger partial charge in [0.25, 0.3) is 9.92 Å². The van der Waals surface area contributed by atoms with E-state index < -0.39 is 16.0 Å². The fraction of sp³-hybridized carbons (Fsp3) is 0.750. The van der Waals surface area contributed by atoms with Crippen LogP contribution in [-0.2, 0) is 4.43 Å². The van der Waals surface area contributed by atoms with Gasteiger partial charge in [-0.1, -0.05) is 6.92 Å². The standard InChI is InChI=1S/C4H12N2O2Si/c1-2-3-8-9-6-4(5)7/h2-3,9H2,1H3,(H3,5,6,7). The van der Waals surface area contributed by atoms with Crippen LogP contribution in [0, 0.1) is 0 Å². The number of carbonyl (C=O) groups is 1. The zero-order chi connectivity index (χ0) is 7.11. The molecule has 4 nitrogen and oxygen atoms in total. The summed E-state index contributed by atoms with van der Waals surface area (Å²) in [5.74, 6) is 0. The number of urea groups is 1. The van der Waals surface area contributed by atoms with Crippen molar-refractivity contribution in [2.75, 3.05) is 6.61 Å². The molecule has 0 radical (unpaired) electrons. The average molecular weight is 148 g/mol. The molecule has 0 fully saturated rings. The van der Waals surface area contributed by atoms with Crippen molar-refractivity contribution in [1.82, 2.24) is 4.98 Å². The van der Waals surface area contributed by atoms with E-state index in [4.69, 9.17) is 10.2 Å². The second kappa shape index (κ2) is 5.58. The number of carbonyl (C=O) groups excluding carboxylic acids is 1. The number of nitrogens with two attached hydrogens (primary N) is 1. The van der Waals surface area contributed by atoms with Gasteiger partial charge >= 0.3 is 6.03 Å². The highest BCUT2D eigenvalue weighted by Crippen LogP contribution is 1.73. The Morgan fingerprint density at radius 3 is 3.00 bits per heavy atom. The van der Waals surface area contributed by atoms with E-state index in [1.54, 1.807) is 0 Å². The van der Waals surface area contributed by atoms with Gasteiger partial charge in [-0.15, -0.1) is 0 Å². The summed E-state index contributed by atoms with van der Waals surface area (Å²) in [6.07, 6.45) is 0.980. The molecule has 0 unspecified atom stereocenters. The Morgan fingerprint density at radius 2 is 2.56 bits per heavy atom. The Labute approximate surface area is 56.8 Å². The van der Waals surface area contributed by atoms with E-state index in [2.05, 4.69) is 4.98 Å². The van der Waals surface area contributed by atoms with Gasteiger partial charge in [-0.05, 0) is 6.42 Å². The predicted molar refractivity (Wildman–Crippen MR) is 37.5 cm³/mol. The lowest BCUT2D eigenvalue weighted by Gasteiger charge is -1.99. The molecule has 0 aliphatic heterocycles. The minimum absolute atomic E-state index is 0.488. The SMILES string of the molecule is CCCO[SiH2]NC(N)=O. The van der Waals surface area contributed by atoms with E-state index in [0.717, 1.165) is 6.42 Å². The molecule has 0 aromatic carbocycles. The van der Waals surface area contributed by atoms with E-state index in [-0.39, 0.29) is 0 Å². The number of hydrogen-bond acceptors (Lipinski definition) is 2. The lowest BCUT2D eigenvalue weighted by Crippen LogP contribution is -2.34. The molecule has 0 atom stereocenters. The van der Waals surface area contributed by atoms with Crippen LogP contribution in [0.15, 0.2) is 0 Å². The zero-order valence-electron chi connectivity index (χ0n) is 5.52. The van der Waals surface area contributed by atoms with Crippen LogP contribution in [0.5, 0.6) is 0 Å². The minimum atomic E-state index is -0.872. The van der Waals surface area contributed by atoms with Gasteiger partial charge in [-0.2, -0.15) is 0 Å². The van der Waals surface area contributed by atoms with Gasteiger partial charge in [0.15, 0.2) is 0 Å². The van der Waals surface area contributed by atoms with Crippen molar-refractivity contribution in [3.05, 3.63) is 0 Å². The molecule has 3 N–H and O–H groups in total. The molecule has 0 rings (SSSR count). The first-order chi connectivity index (χ1) is 4.27. The summed E-state index contributed by atoms with van der Waals surface area (Å²) in [4.78, 5) is 12.5. The molecular formula is C4H12N2O2Si. The highest BCUT2D eigenvalue weighted by atomic mass is 28.2. The lowest BCUT2D eigenvalue weighted by atomic mass is 10.5. The molecule has 0 aromatic heterocycles. The van der Waals surface area contributed by atoms with Crippen LogP contribution < -0.4 is 10.7 Å². The van der Waals surface area contributed by atoms with Crippen molar-refractivity contribution in [2.24, 2.45) is 5.73 Å². The number of amides is 2.